The minimum absolute atomic E-state index is 0.165. The highest BCUT2D eigenvalue weighted by molar-refractivity contribution is 6.31. The summed E-state index contributed by atoms with van der Waals surface area (Å²) in [6, 6.07) is 8.59. The summed E-state index contributed by atoms with van der Waals surface area (Å²) in [6.45, 7) is 1.84. The van der Waals surface area contributed by atoms with E-state index in [0.717, 1.165) is 5.39 Å². The van der Waals surface area contributed by atoms with Gasteiger partial charge in [-0.15, -0.1) is 0 Å². The topological polar surface area (TPSA) is 76.7 Å². The van der Waals surface area contributed by atoms with Crippen LogP contribution in [0.1, 0.15) is 18.7 Å². The van der Waals surface area contributed by atoms with Gasteiger partial charge < -0.3 is 5.73 Å². The lowest BCUT2D eigenvalue weighted by molar-refractivity contribution is 0.724. The summed E-state index contributed by atoms with van der Waals surface area (Å²) >= 11 is 5.98. The Labute approximate surface area is 120 Å². The standard InChI is InChI=1S/C14H13ClN4O/c1-8(16)12-6-9-2-3-10(15)7-11(9)14(20)19(12)13-4-5-17-18-13/h2-8H,16H2,1H3,(H,17,18). The van der Waals surface area contributed by atoms with Crippen molar-refractivity contribution in [3.63, 3.8) is 0 Å². The first-order valence-electron chi connectivity index (χ1n) is 6.18. The van der Waals surface area contributed by atoms with Gasteiger partial charge >= 0.3 is 0 Å². The van der Waals surface area contributed by atoms with E-state index in [4.69, 9.17) is 17.3 Å². The average Bonchev–Trinajstić information content (AvgIpc) is 2.92. The molecule has 1 aromatic carbocycles. The Morgan fingerprint density at radius 3 is 2.80 bits per heavy atom. The molecule has 0 saturated heterocycles. The molecule has 0 fully saturated rings. The van der Waals surface area contributed by atoms with Crippen LogP contribution in [0.2, 0.25) is 5.02 Å². The number of fused-ring (bicyclic) bond motifs is 1. The monoisotopic (exact) mass is 288 g/mol. The van der Waals surface area contributed by atoms with Crippen LogP contribution in [-0.2, 0) is 0 Å². The third-order valence-electron chi connectivity index (χ3n) is 3.20. The van der Waals surface area contributed by atoms with Crippen LogP contribution in [0.4, 0.5) is 0 Å². The van der Waals surface area contributed by atoms with Crippen LogP contribution >= 0.6 is 11.6 Å². The van der Waals surface area contributed by atoms with Gasteiger partial charge in [0.2, 0.25) is 0 Å². The Morgan fingerprint density at radius 2 is 2.15 bits per heavy atom. The molecule has 0 saturated carbocycles. The van der Waals surface area contributed by atoms with Crippen LogP contribution in [0.25, 0.3) is 16.6 Å². The largest absolute Gasteiger partial charge is 0.323 e. The quantitative estimate of drug-likeness (QED) is 0.760. The van der Waals surface area contributed by atoms with Crippen molar-refractivity contribution in [2.24, 2.45) is 5.73 Å². The summed E-state index contributed by atoms with van der Waals surface area (Å²) in [4.78, 5) is 12.7. The van der Waals surface area contributed by atoms with E-state index >= 15 is 0 Å². The van der Waals surface area contributed by atoms with Crippen LogP contribution in [0.3, 0.4) is 0 Å². The zero-order valence-corrected chi connectivity index (χ0v) is 11.6. The van der Waals surface area contributed by atoms with Crippen molar-refractivity contribution in [1.82, 2.24) is 14.8 Å². The van der Waals surface area contributed by atoms with Gasteiger partial charge in [0, 0.05) is 28.2 Å². The van der Waals surface area contributed by atoms with Crippen LogP contribution < -0.4 is 11.3 Å². The Morgan fingerprint density at radius 1 is 1.35 bits per heavy atom. The minimum Gasteiger partial charge on any atom is -0.323 e. The Bertz CT molecular complexity index is 821. The molecule has 0 spiro atoms. The van der Waals surface area contributed by atoms with Gasteiger partial charge in [-0.3, -0.25) is 14.5 Å². The Kier molecular flexibility index (Phi) is 3.08. The van der Waals surface area contributed by atoms with E-state index in [1.807, 2.05) is 19.1 Å². The van der Waals surface area contributed by atoms with Crippen LogP contribution in [0.15, 0.2) is 41.3 Å². The molecule has 20 heavy (non-hydrogen) atoms. The number of rotatable bonds is 2. The molecule has 1 unspecified atom stereocenters. The van der Waals surface area contributed by atoms with Gasteiger partial charge in [0.05, 0.1) is 6.20 Å². The van der Waals surface area contributed by atoms with E-state index in [1.165, 1.54) is 4.57 Å². The first-order chi connectivity index (χ1) is 9.58. The molecule has 0 aliphatic carbocycles. The van der Waals surface area contributed by atoms with Crippen molar-refractivity contribution in [1.29, 1.82) is 0 Å². The summed E-state index contributed by atoms with van der Waals surface area (Å²) in [5.74, 6) is 0.587. The number of hydrogen-bond acceptors (Lipinski definition) is 3. The highest BCUT2D eigenvalue weighted by Gasteiger charge is 2.14. The number of pyridine rings is 1. The van der Waals surface area contributed by atoms with Gasteiger partial charge in [-0.25, -0.2) is 0 Å². The first kappa shape index (κ1) is 12.9. The highest BCUT2D eigenvalue weighted by atomic mass is 35.5. The first-order valence-corrected chi connectivity index (χ1v) is 6.56. The molecule has 1 atom stereocenters. The molecule has 3 aromatic rings. The second kappa shape index (κ2) is 4.77. The third-order valence-corrected chi connectivity index (χ3v) is 3.44. The Hall–Kier alpha value is -2.11. The summed E-state index contributed by atoms with van der Waals surface area (Å²) in [5, 5.41) is 8.58. The van der Waals surface area contributed by atoms with Crippen LogP contribution in [0.5, 0.6) is 0 Å². The summed E-state index contributed by atoms with van der Waals surface area (Å²) in [6.07, 6.45) is 1.59. The maximum Gasteiger partial charge on any atom is 0.264 e. The van der Waals surface area contributed by atoms with Crippen LogP contribution in [-0.4, -0.2) is 14.8 Å². The molecule has 3 rings (SSSR count). The number of nitrogens with one attached hydrogen (secondary N) is 1. The van der Waals surface area contributed by atoms with Crippen molar-refractivity contribution in [3.8, 4) is 5.82 Å². The van der Waals surface area contributed by atoms with E-state index in [9.17, 15) is 4.79 Å². The van der Waals surface area contributed by atoms with Gasteiger partial charge in [-0.1, -0.05) is 17.7 Å². The molecule has 102 valence electrons. The van der Waals surface area contributed by atoms with Crippen molar-refractivity contribution >= 4 is 22.4 Å². The molecule has 6 heteroatoms. The van der Waals surface area contributed by atoms with E-state index < -0.39 is 0 Å². The predicted octanol–water partition coefficient (Wildman–Crippen LogP) is 2.39. The van der Waals surface area contributed by atoms with Gasteiger partial charge in [0.25, 0.3) is 5.56 Å². The maximum absolute atomic E-state index is 12.7. The summed E-state index contributed by atoms with van der Waals surface area (Å²) in [5.41, 5.74) is 6.54. The van der Waals surface area contributed by atoms with Crippen molar-refractivity contribution in [2.45, 2.75) is 13.0 Å². The molecule has 2 heterocycles. The zero-order chi connectivity index (χ0) is 14.3. The molecule has 0 aliphatic rings. The fourth-order valence-corrected chi connectivity index (χ4v) is 2.43. The highest BCUT2D eigenvalue weighted by Crippen LogP contribution is 2.21. The Balaban J connectivity index is 2.44. The SMILES string of the molecule is CC(N)c1cc2ccc(Cl)cc2c(=O)n1-c1ccn[nH]1. The summed E-state index contributed by atoms with van der Waals surface area (Å²) < 4.78 is 1.54. The predicted molar refractivity (Wildman–Crippen MR) is 79.3 cm³/mol. The lowest BCUT2D eigenvalue weighted by atomic mass is 10.1. The van der Waals surface area contributed by atoms with Crippen molar-refractivity contribution in [3.05, 3.63) is 57.6 Å². The molecule has 0 aliphatic heterocycles. The van der Waals surface area contributed by atoms with E-state index in [0.29, 0.717) is 21.9 Å². The molecule has 0 amide bonds. The smallest absolute Gasteiger partial charge is 0.264 e. The number of hydrogen-bond donors (Lipinski definition) is 2. The molecular formula is C14H13ClN4O. The van der Waals surface area contributed by atoms with Crippen LogP contribution in [0, 0.1) is 0 Å². The molecule has 0 radical (unpaired) electrons. The zero-order valence-electron chi connectivity index (χ0n) is 10.8. The van der Waals surface area contributed by atoms with Crippen molar-refractivity contribution in [2.75, 3.05) is 0 Å². The molecule has 2 aromatic heterocycles. The minimum atomic E-state index is -0.286. The number of aromatic amines is 1. The van der Waals surface area contributed by atoms with E-state index in [-0.39, 0.29) is 11.6 Å². The number of nitrogens with zero attached hydrogens (tertiary/aromatic N) is 2. The number of halogens is 1. The fraction of sp³-hybridized carbons (Fsp3) is 0.143. The average molecular weight is 289 g/mol. The summed E-state index contributed by atoms with van der Waals surface area (Å²) in [7, 11) is 0. The number of H-pyrrole nitrogens is 1. The second-order valence-electron chi connectivity index (χ2n) is 4.67. The van der Waals surface area contributed by atoms with Gasteiger partial charge in [-0.05, 0) is 30.5 Å². The molecule has 5 nitrogen and oxygen atoms in total. The van der Waals surface area contributed by atoms with Gasteiger partial charge in [0.1, 0.15) is 5.82 Å². The lowest BCUT2D eigenvalue weighted by Crippen LogP contribution is -2.25. The fourth-order valence-electron chi connectivity index (χ4n) is 2.26. The van der Waals surface area contributed by atoms with Gasteiger partial charge in [0.15, 0.2) is 0 Å². The van der Waals surface area contributed by atoms with Gasteiger partial charge in [-0.2, -0.15) is 5.10 Å². The van der Waals surface area contributed by atoms with E-state index in [1.54, 1.807) is 24.4 Å². The number of nitrogens with two attached hydrogens (primary N) is 1. The lowest BCUT2D eigenvalue weighted by Gasteiger charge is -2.15. The maximum atomic E-state index is 12.7. The normalized spacial score (nSPS) is 12.8. The van der Waals surface area contributed by atoms with Crippen molar-refractivity contribution < 1.29 is 0 Å². The van der Waals surface area contributed by atoms with E-state index in [2.05, 4.69) is 10.2 Å². The third kappa shape index (κ3) is 2.01. The number of aromatic nitrogens is 3. The molecule has 3 N–H and O–H groups in total. The molecular weight excluding hydrogens is 276 g/mol. The second-order valence-corrected chi connectivity index (χ2v) is 5.11. The molecule has 0 bridgehead atoms. The number of benzene rings is 1.